The van der Waals surface area contributed by atoms with E-state index in [1.54, 1.807) is 6.07 Å². The summed E-state index contributed by atoms with van der Waals surface area (Å²) in [5.74, 6) is -0.447. The lowest BCUT2D eigenvalue weighted by atomic mass is 10.2. The Hall–Kier alpha value is 0.1000. The van der Waals surface area contributed by atoms with Crippen LogP contribution >= 0.6 is 45.2 Å². The van der Waals surface area contributed by atoms with Gasteiger partial charge in [-0.2, -0.15) is 5.26 Å². The van der Waals surface area contributed by atoms with Crippen molar-refractivity contribution < 1.29 is 4.39 Å². The van der Waals surface area contributed by atoms with E-state index in [1.165, 1.54) is 12.1 Å². The van der Waals surface area contributed by atoms with Crippen LogP contribution in [0.1, 0.15) is 5.56 Å². The average Bonchev–Trinajstić information content (AvgIpc) is 1.97. The van der Waals surface area contributed by atoms with Crippen molar-refractivity contribution in [2.24, 2.45) is 0 Å². The molecule has 0 saturated carbocycles. The molecule has 0 spiro atoms. The summed E-state index contributed by atoms with van der Waals surface area (Å²) in [6.45, 7) is 0. The van der Waals surface area contributed by atoms with Gasteiger partial charge in [0, 0.05) is 7.14 Å². The molecular formula is C7H2FI2N. The molecule has 0 atom stereocenters. The maximum Gasteiger partial charge on any atom is 0.142 e. The number of hydrogen-bond donors (Lipinski definition) is 0. The van der Waals surface area contributed by atoms with Gasteiger partial charge in [-0.15, -0.1) is 0 Å². The maximum absolute atomic E-state index is 12.8. The smallest absolute Gasteiger partial charge is 0.142 e. The summed E-state index contributed by atoms with van der Waals surface area (Å²) in [7, 11) is 0. The van der Waals surface area contributed by atoms with Crippen LogP contribution in [0.3, 0.4) is 0 Å². The highest BCUT2D eigenvalue weighted by Gasteiger charge is 2.04. The standard InChI is InChI=1S/C7H2FI2N/c8-5-2-7(10)6(9)1-4(5)3-11/h1-2H. The Kier molecular flexibility index (Phi) is 3.06. The van der Waals surface area contributed by atoms with Gasteiger partial charge in [0.2, 0.25) is 0 Å². The molecule has 1 nitrogen and oxygen atoms in total. The van der Waals surface area contributed by atoms with Gasteiger partial charge in [-0.05, 0) is 57.3 Å². The summed E-state index contributed by atoms with van der Waals surface area (Å²) < 4.78 is 14.5. The van der Waals surface area contributed by atoms with Gasteiger partial charge in [0.15, 0.2) is 0 Å². The van der Waals surface area contributed by atoms with Crippen molar-refractivity contribution >= 4 is 45.2 Å². The van der Waals surface area contributed by atoms with Crippen molar-refractivity contribution in [2.75, 3.05) is 0 Å². The van der Waals surface area contributed by atoms with Crippen LogP contribution in [-0.2, 0) is 0 Å². The largest absolute Gasteiger partial charge is 0.206 e. The van der Waals surface area contributed by atoms with Gasteiger partial charge in [-0.1, -0.05) is 0 Å². The van der Waals surface area contributed by atoms with Crippen molar-refractivity contribution in [3.05, 3.63) is 30.7 Å². The molecule has 0 heterocycles. The fourth-order valence-electron chi connectivity index (χ4n) is 0.608. The van der Waals surface area contributed by atoms with Gasteiger partial charge in [-0.25, -0.2) is 4.39 Å². The van der Waals surface area contributed by atoms with E-state index >= 15 is 0 Å². The highest BCUT2D eigenvalue weighted by molar-refractivity contribution is 14.1. The molecule has 11 heavy (non-hydrogen) atoms. The highest BCUT2D eigenvalue weighted by Crippen LogP contribution is 2.18. The SMILES string of the molecule is N#Cc1cc(I)c(I)cc1F. The zero-order chi connectivity index (χ0) is 8.43. The van der Waals surface area contributed by atoms with E-state index in [2.05, 4.69) is 22.6 Å². The maximum atomic E-state index is 12.8. The van der Waals surface area contributed by atoms with E-state index in [0.717, 1.165) is 7.14 Å². The zero-order valence-electron chi connectivity index (χ0n) is 5.24. The van der Waals surface area contributed by atoms with Gasteiger partial charge in [-0.3, -0.25) is 0 Å². The lowest BCUT2D eigenvalue weighted by Gasteiger charge is -1.96. The number of nitriles is 1. The van der Waals surface area contributed by atoms with Crippen molar-refractivity contribution in [1.29, 1.82) is 5.26 Å². The molecule has 0 N–H and O–H groups in total. The summed E-state index contributed by atoms with van der Waals surface area (Å²) in [6.07, 6.45) is 0. The number of benzene rings is 1. The lowest BCUT2D eigenvalue weighted by molar-refractivity contribution is 0.622. The van der Waals surface area contributed by atoms with Crippen LogP contribution in [0.25, 0.3) is 0 Å². The molecule has 0 aliphatic heterocycles. The number of rotatable bonds is 0. The zero-order valence-corrected chi connectivity index (χ0v) is 9.55. The van der Waals surface area contributed by atoms with E-state index in [9.17, 15) is 4.39 Å². The molecule has 0 radical (unpaired) electrons. The molecule has 1 rings (SSSR count). The average molecular weight is 373 g/mol. The van der Waals surface area contributed by atoms with Crippen LogP contribution in [0.2, 0.25) is 0 Å². The third kappa shape index (κ3) is 2.02. The number of hydrogen-bond acceptors (Lipinski definition) is 1. The minimum Gasteiger partial charge on any atom is -0.206 e. The third-order valence-corrected chi connectivity index (χ3v) is 3.95. The highest BCUT2D eigenvalue weighted by atomic mass is 127. The van der Waals surface area contributed by atoms with Crippen LogP contribution in [-0.4, -0.2) is 0 Å². The first-order valence-electron chi connectivity index (χ1n) is 2.70. The topological polar surface area (TPSA) is 23.8 Å². The molecule has 1 aromatic rings. The number of halogens is 3. The summed E-state index contributed by atoms with van der Waals surface area (Å²) >= 11 is 4.09. The Morgan fingerprint density at radius 2 is 1.82 bits per heavy atom. The van der Waals surface area contributed by atoms with Crippen molar-refractivity contribution in [3.63, 3.8) is 0 Å². The van der Waals surface area contributed by atoms with Crippen molar-refractivity contribution in [3.8, 4) is 6.07 Å². The minimum absolute atomic E-state index is 0.106. The van der Waals surface area contributed by atoms with Crippen molar-refractivity contribution in [2.45, 2.75) is 0 Å². The molecule has 0 bridgehead atoms. The monoisotopic (exact) mass is 373 g/mol. The summed E-state index contributed by atoms with van der Waals surface area (Å²) in [6, 6.07) is 4.68. The van der Waals surface area contributed by atoms with Crippen LogP contribution in [0.5, 0.6) is 0 Å². The van der Waals surface area contributed by atoms with Gasteiger partial charge < -0.3 is 0 Å². The second-order valence-electron chi connectivity index (χ2n) is 1.86. The van der Waals surface area contributed by atoms with Crippen LogP contribution in [0.15, 0.2) is 12.1 Å². The van der Waals surface area contributed by atoms with Gasteiger partial charge in [0.1, 0.15) is 11.9 Å². The minimum atomic E-state index is -0.447. The fourth-order valence-corrected chi connectivity index (χ4v) is 1.50. The Labute approximate surface area is 90.9 Å². The molecule has 0 aliphatic rings. The van der Waals surface area contributed by atoms with E-state index in [1.807, 2.05) is 22.6 Å². The number of nitrogens with zero attached hydrogens (tertiary/aromatic N) is 1. The predicted molar refractivity (Wildman–Crippen MR) is 56.5 cm³/mol. The Bertz CT molecular complexity index is 330. The first-order valence-corrected chi connectivity index (χ1v) is 4.85. The van der Waals surface area contributed by atoms with E-state index in [0.29, 0.717) is 0 Å². The Morgan fingerprint density at radius 3 is 2.36 bits per heavy atom. The van der Waals surface area contributed by atoms with Crippen LogP contribution in [0, 0.1) is 24.3 Å². The molecule has 56 valence electrons. The van der Waals surface area contributed by atoms with E-state index < -0.39 is 5.82 Å². The molecule has 0 amide bonds. The van der Waals surface area contributed by atoms with Gasteiger partial charge >= 0.3 is 0 Å². The van der Waals surface area contributed by atoms with Crippen LogP contribution < -0.4 is 0 Å². The lowest BCUT2D eigenvalue weighted by Crippen LogP contribution is -1.88. The molecule has 0 aliphatic carbocycles. The third-order valence-electron chi connectivity index (χ3n) is 1.13. The van der Waals surface area contributed by atoms with Gasteiger partial charge in [0.05, 0.1) is 5.56 Å². The fraction of sp³-hybridized carbons (Fsp3) is 0. The summed E-state index contributed by atoms with van der Waals surface area (Å²) in [4.78, 5) is 0. The Balaban J connectivity index is 3.35. The van der Waals surface area contributed by atoms with E-state index in [4.69, 9.17) is 5.26 Å². The summed E-state index contributed by atoms with van der Waals surface area (Å²) in [5.41, 5.74) is 0.106. The normalized spacial score (nSPS) is 9.27. The quantitative estimate of drug-likeness (QED) is 0.507. The first kappa shape index (κ1) is 9.19. The molecule has 1 aromatic carbocycles. The van der Waals surface area contributed by atoms with Crippen LogP contribution in [0.4, 0.5) is 4.39 Å². The second-order valence-corrected chi connectivity index (χ2v) is 4.18. The molecular weight excluding hydrogens is 371 g/mol. The van der Waals surface area contributed by atoms with E-state index in [-0.39, 0.29) is 5.56 Å². The molecule has 4 heteroatoms. The molecule has 0 aromatic heterocycles. The molecule has 0 unspecified atom stereocenters. The first-order chi connectivity index (χ1) is 5.15. The van der Waals surface area contributed by atoms with Crippen molar-refractivity contribution in [1.82, 2.24) is 0 Å². The van der Waals surface area contributed by atoms with Gasteiger partial charge in [0.25, 0.3) is 0 Å². The predicted octanol–water partition coefficient (Wildman–Crippen LogP) is 2.91. The second kappa shape index (κ2) is 3.67. The summed E-state index contributed by atoms with van der Waals surface area (Å²) in [5, 5.41) is 8.44. The Morgan fingerprint density at radius 1 is 1.27 bits per heavy atom. The molecule has 0 saturated heterocycles. The molecule has 0 fully saturated rings.